The lowest BCUT2D eigenvalue weighted by molar-refractivity contribution is -0.158. The van der Waals surface area contributed by atoms with Crippen LogP contribution in [0.25, 0.3) is 10.9 Å². The molecule has 0 radical (unpaired) electrons. The number of esters is 1. The second-order valence-electron chi connectivity index (χ2n) is 8.95. The lowest BCUT2D eigenvalue weighted by Gasteiger charge is -2.25. The minimum Gasteiger partial charge on any atom is -0.458 e. The molecule has 180 valence electrons. The molecule has 34 heavy (non-hydrogen) atoms. The van der Waals surface area contributed by atoms with Crippen molar-refractivity contribution >= 4 is 51.9 Å². The van der Waals surface area contributed by atoms with Crippen LogP contribution in [-0.4, -0.2) is 40.5 Å². The Hall–Kier alpha value is -3.03. The molecule has 0 aliphatic carbocycles. The lowest BCUT2D eigenvalue weighted by Crippen LogP contribution is -2.52. The van der Waals surface area contributed by atoms with Crippen molar-refractivity contribution in [3.63, 3.8) is 0 Å². The molecule has 2 atom stereocenters. The first kappa shape index (κ1) is 25.6. The van der Waals surface area contributed by atoms with Crippen molar-refractivity contribution in [2.75, 3.05) is 0 Å². The van der Waals surface area contributed by atoms with Crippen molar-refractivity contribution < 1.29 is 19.1 Å². The van der Waals surface area contributed by atoms with Gasteiger partial charge in [-0.25, -0.2) is 4.79 Å². The van der Waals surface area contributed by atoms with Crippen LogP contribution >= 0.6 is 23.2 Å². The van der Waals surface area contributed by atoms with E-state index < -0.39 is 35.5 Å². The maximum absolute atomic E-state index is 12.9. The average molecular weight is 504 g/mol. The topological polar surface area (TPSA) is 100 Å². The summed E-state index contributed by atoms with van der Waals surface area (Å²) in [6.45, 7) is 6.79. The number of ether oxygens (including phenoxy) is 1. The molecule has 1 heterocycles. The van der Waals surface area contributed by atoms with Crippen molar-refractivity contribution in [1.29, 1.82) is 0 Å². The number of hydrogen-bond acceptors (Lipinski definition) is 4. The summed E-state index contributed by atoms with van der Waals surface area (Å²) in [6.07, 6.45) is 2.02. The zero-order chi connectivity index (χ0) is 25.0. The van der Waals surface area contributed by atoms with Gasteiger partial charge in [-0.15, -0.1) is 0 Å². The van der Waals surface area contributed by atoms with Crippen LogP contribution in [0.4, 0.5) is 0 Å². The molecule has 1 aromatic heterocycles. The first-order valence-corrected chi connectivity index (χ1v) is 11.5. The highest BCUT2D eigenvalue weighted by Crippen LogP contribution is 2.25. The van der Waals surface area contributed by atoms with Gasteiger partial charge in [0.1, 0.15) is 17.7 Å². The standard InChI is InChI=1S/C25H27Cl2N3O4/c1-14(29-23(32)17-9-7-10-18(26)21(17)27)22(31)30-20(24(33)34-25(2,3)4)12-15-13-28-19-11-6-5-8-16(15)19/h5-11,13-14,20,28H,12H2,1-4H3,(H,29,32)(H,30,31). The second-order valence-corrected chi connectivity index (χ2v) is 9.74. The number of fused-ring (bicyclic) bond motifs is 1. The van der Waals surface area contributed by atoms with E-state index in [2.05, 4.69) is 15.6 Å². The van der Waals surface area contributed by atoms with Crippen LogP contribution in [0.15, 0.2) is 48.7 Å². The van der Waals surface area contributed by atoms with Gasteiger partial charge in [-0.3, -0.25) is 9.59 Å². The number of aromatic amines is 1. The van der Waals surface area contributed by atoms with E-state index in [0.29, 0.717) is 0 Å². The summed E-state index contributed by atoms with van der Waals surface area (Å²) in [5.74, 6) is -1.66. The van der Waals surface area contributed by atoms with E-state index in [9.17, 15) is 14.4 Å². The summed E-state index contributed by atoms with van der Waals surface area (Å²) in [6, 6.07) is 10.4. The normalized spacial score (nSPS) is 13.2. The van der Waals surface area contributed by atoms with Crippen LogP contribution in [0.1, 0.15) is 43.6 Å². The fourth-order valence-corrected chi connectivity index (χ4v) is 3.79. The molecule has 3 N–H and O–H groups in total. The molecule has 3 aromatic rings. The maximum Gasteiger partial charge on any atom is 0.329 e. The molecule has 7 nitrogen and oxygen atoms in total. The van der Waals surface area contributed by atoms with Gasteiger partial charge in [0.05, 0.1) is 15.6 Å². The highest BCUT2D eigenvalue weighted by Gasteiger charge is 2.30. The molecule has 2 aromatic carbocycles. The number of carbonyl (C=O) groups is 3. The van der Waals surface area contributed by atoms with Crippen LogP contribution in [-0.2, 0) is 20.7 Å². The molecule has 0 aliphatic heterocycles. The number of amides is 2. The third kappa shape index (κ3) is 6.30. The quantitative estimate of drug-likeness (QED) is 0.408. The minimum atomic E-state index is -0.958. The third-order valence-corrected chi connectivity index (χ3v) is 5.86. The number of aromatic nitrogens is 1. The number of H-pyrrole nitrogens is 1. The number of nitrogens with one attached hydrogen (secondary N) is 3. The molecule has 0 saturated carbocycles. The highest BCUT2D eigenvalue weighted by atomic mass is 35.5. The summed E-state index contributed by atoms with van der Waals surface area (Å²) in [5, 5.41) is 6.59. The van der Waals surface area contributed by atoms with Gasteiger partial charge in [0.2, 0.25) is 5.91 Å². The van der Waals surface area contributed by atoms with E-state index in [1.807, 2.05) is 24.3 Å². The van der Waals surface area contributed by atoms with E-state index in [1.54, 1.807) is 39.1 Å². The highest BCUT2D eigenvalue weighted by molar-refractivity contribution is 6.43. The van der Waals surface area contributed by atoms with Gasteiger partial charge in [-0.2, -0.15) is 0 Å². The molecule has 0 fully saturated rings. The van der Waals surface area contributed by atoms with Gasteiger partial charge >= 0.3 is 5.97 Å². The van der Waals surface area contributed by atoms with Crippen molar-refractivity contribution in [1.82, 2.24) is 15.6 Å². The Morgan fingerprint density at radius 2 is 1.74 bits per heavy atom. The van der Waals surface area contributed by atoms with E-state index in [-0.39, 0.29) is 22.0 Å². The molecule has 0 bridgehead atoms. The van der Waals surface area contributed by atoms with E-state index >= 15 is 0 Å². The van der Waals surface area contributed by atoms with Gasteiger partial charge in [-0.1, -0.05) is 47.5 Å². The van der Waals surface area contributed by atoms with E-state index in [1.165, 1.54) is 13.0 Å². The van der Waals surface area contributed by atoms with Crippen molar-refractivity contribution in [2.45, 2.75) is 51.8 Å². The van der Waals surface area contributed by atoms with Gasteiger partial charge in [0, 0.05) is 23.5 Å². The van der Waals surface area contributed by atoms with Crippen LogP contribution < -0.4 is 10.6 Å². The molecule has 9 heteroatoms. The molecular weight excluding hydrogens is 477 g/mol. The van der Waals surface area contributed by atoms with Gasteiger partial charge in [-0.05, 0) is 51.5 Å². The smallest absolute Gasteiger partial charge is 0.329 e. The van der Waals surface area contributed by atoms with Crippen LogP contribution in [0, 0.1) is 0 Å². The van der Waals surface area contributed by atoms with Gasteiger partial charge in [0.15, 0.2) is 0 Å². The number of hydrogen-bond donors (Lipinski definition) is 3. The van der Waals surface area contributed by atoms with E-state index in [0.717, 1.165) is 16.5 Å². The largest absolute Gasteiger partial charge is 0.458 e. The molecule has 2 amide bonds. The zero-order valence-corrected chi connectivity index (χ0v) is 20.9. The summed E-state index contributed by atoms with van der Waals surface area (Å²) < 4.78 is 5.54. The maximum atomic E-state index is 12.9. The number of benzene rings is 2. The fourth-order valence-electron chi connectivity index (χ4n) is 3.40. The predicted molar refractivity (Wildman–Crippen MR) is 133 cm³/mol. The summed E-state index contributed by atoms with van der Waals surface area (Å²) in [7, 11) is 0. The van der Waals surface area contributed by atoms with Gasteiger partial charge in [0.25, 0.3) is 5.91 Å². The Morgan fingerprint density at radius 1 is 1.03 bits per heavy atom. The monoisotopic (exact) mass is 503 g/mol. The Balaban J connectivity index is 1.76. The van der Waals surface area contributed by atoms with E-state index in [4.69, 9.17) is 27.9 Å². The van der Waals surface area contributed by atoms with Crippen LogP contribution in [0.5, 0.6) is 0 Å². The molecule has 2 unspecified atom stereocenters. The number of halogens is 2. The predicted octanol–water partition coefficient (Wildman–Crippen LogP) is 4.66. The lowest BCUT2D eigenvalue weighted by atomic mass is 10.0. The molecular formula is C25H27Cl2N3O4. The fraction of sp³-hybridized carbons (Fsp3) is 0.320. The van der Waals surface area contributed by atoms with Crippen molar-refractivity contribution in [3.8, 4) is 0 Å². The minimum absolute atomic E-state index is 0.0974. The Labute approximate surface area is 208 Å². The van der Waals surface area contributed by atoms with Gasteiger partial charge < -0.3 is 20.4 Å². The summed E-state index contributed by atoms with van der Waals surface area (Å²) in [5.41, 5.74) is 1.19. The van der Waals surface area contributed by atoms with Crippen LogP contribution in [0.2, 0.25) is 10.0 Å². The zero-order valence-electron chi connectivity index (χ0n) is 19.4. The molecule has 0 aliphatic rings. The van der Waals surface area contributed by atoms with Crippen molar-refractivity contribution in [3.05, 3.63) is 69.8 Å². The Bertz CT molecular complexity index is 1220. The second kappa shape index (κ2) is 10.5. The molecule has 0 spiro atoms. The van der Waals surface area contributed by atoms with Crippen LogP contribution in [0.3, 0.4) is 0 Å². The first-order chi connectivity index (χ1) is 16.0. The van der Waals surface area contributed by atoms with Crippen molar-refractivity contribution in [2.24, 2.45) is 0 Å². The summed E-state index contributed by atoms with van der Waals surface area (Å²) in [4.78, 5) is 41.7. The summed E-state index contributed by atoms with van der Waals surface area (Å²) >= 11 is 12.1. The Kier molecular flexibility index (Phi) is 7.89. The number of carbonyl (C=O) groups excluding carboxylic acids is 3. The first-order valence-electron chi connectivity index (χ1n) is 10.8. The Morgan fingerprint density at radius 3 is 2.44 bits per heavy atom. The number of para-hydroxylation sites is 1. The third-order valence-electron chi connectivity index (χ3n) is 5.04. The SMILES string of the molecule is CC(NC(=O)c1cccc(Cl)c1Cl)C(=O)NC(Cc1c[nH]c2ccccc12)C(=O)OC(C)(C)C. The number of rotatable bonds is 7. The molecule has 3 rings (SSSR count). The average Bonchev–Trinajstić information content (AvgIpc) is 3.16. The molecule has 0 saturated heterocycles.